The number of ether oxygens (including phenoxy) is 1. The van der Waals surface area contributed by atoms with Crippen LogP contribution in [0.3, 0.4) is 0 Å². The molecular formula is C19H22N2O5S. The monoisotopic (exact) mass is 390 g/mol. The Morgan fingerprint density at radius 1 is 1.11 bits per heavy atom. The molecule has 0 aliphatic carbocycles. The second-order valence-electron chi connectivity index (χ2n) is 6.08. The minimum absolute atomic E-state index is 0.286. The maximum Gasteiger partial charge on any atom is 0.337 e. The van der Waals surface area contributed by atoms with E-state index in [0.717, 1.165) is 16.1 Å². The van der Waals surface area contributed by atoms with Crippen molar-refractivity contribution < 1.29 is 22.7 Å². The van der Waals surface area contributed by atoms with E-state index in [1.807, 2.05) is 0 Å². The number of rotatable bonds is 6. The highest BCUT2D eigenvalue weighted by atomic mass is 32.2. The normalized spacial score (nSPS) is 12.1. The van der Waals surface area contributed by atoms with Gasteiger partial charge in [-0.05, 0) is 43.7 Å². The third-order valence-electron chi connectivity index (χ3n) is 4.02. The van der Waals surface area contributed by atoms with Gasteiger partial charge in [-0.25, -0.2) is 13.2 Å². The van der Waals surface area contributed by atoms with E-state index in [1.54, 1.807) is 49.4 Å². The number of esters is 1. The second kappa shape index (κ2) is 8.22. The van der Waals surface area contributed by atoms with Crippen molar-refractivity contribution in [2.45, 2.75) is 19.9 Å². The zero-order valence-corrected chi connectivity index (χ0v) is 16.4. The first-order valence-electron chi connectivity index (χ1n) is 8.19. The molecule has 0 aromatic heterocycles. The number of sulfonamides is 1. The molecule has 0 bridgehead atoms. The molecule has 0 heterocycles. The van der Waals surface area contributed by atoms with Gasteiger partial charge < -0.3 is 10.1 Å². The van der Waals surface area contributed by atoms with Gasteiger partial charge in [0.25, 0.3) is 0 Å². The van der Waals surface area contributed by atoms with Crippen LogP contribution in [0, 0.1) is 6.92 Å². The van der Waals surface area contributed by atoms with E-state index in [0.29, 0.717) is 11.4 Å². The van der Waals surface area contributed by atoms with Crippen LogP contribution < -0.4 is 9.62 Å². The van der Waals surface area contributed by atoms with Crippen molar-refractivity contribution in [1.82, 2.24) is 0 Å². The van der Waals surface area contributed by atoms with Gasteiger partial charge in [-0.15, -0.1) is 0 Å². The van der Waals surface area contributed by atoms with E-state index in [-0.39, 0.29) is 5.56 Å². The van der Waals surface area contributed by atoms with Crippen LogP contribution in [0.5, 0.6) is 0 Å². The van der Waals surface area contributed by atoms with E-state index in [1.165, 1.54) is 20.1 Å². The largest absolute Gasteiger partial charge is 0.465 e. The van der Waals surface area contributed by atoms with Gasteiger partial charge >= 0.3 is 5.97 Å². The summed E-state index contributed by atoms with van der Waals surface area (Å²) in [6, 6.07) is 12.2. The highest BCUT2D eigenvalue weighted by molar-refractivity contribution is 7.92. The number of benzene rings is 2. The summed E-state index contributed by atoms with van der Waals surface area (Å²) in [6.45, 7) is 3.27. The Balaban J connectivity index is 2.32. The lowest BCUT2D eigenvalue weighted by Gasteiger charge is -2.28. The van der Waals surface area contributed by atoms with Crippen LogP contribution in [-0.2, 0) is 19.6 Å². The van der Waals surface area contributed by atoms with Gasteiger partial charge in [-0.1, -0.05) is 24.3 Å². The van der Waals surface area contributed by atoms with Crippen molar-refractivity contribution in [3.05, 3.63) is 59.7 Å². The topological polar surface area (TPSA) is 92.8 Å². The number of nitrogens with one attached hydrogen (secondary N) is 1. The smallest absolute Gasteiger partial charge is 0.337 e. The molecule has 27 heavy (non-hydrogen) atoms. The summed E-state index contributed by atoms with van der Waals surface area (Å²) < 4.78 is 30.3. The molecule has 144 valence electrons. The molecule has 1 N–H and O–H groups in total. The summed E-state index contributed by atoms with van der Waals surface area (Å²) in [5.41, 5.74) is 1.82. The first-order chi connectivity index (χ1) is 12.6. The van der Waals surface area contributed by atoms with Crippen LogP contribution in [0.1, 0.15) is 22.8 Å². The molecule has 7 nitrogen and oxygen atoms in total. The number of nitrogens with zero attached hydrogens (tertiary/aromatic N) is 1. The van der Waals surface area contributed by atoms with Crippen LogP contribution >= 0.6 is 0 Å². The van der Waals surface area contributed by atoms with Gasteiger partial charge in [0.15, 0.2) is 0 Å². The maximum atomic E-state index is 12.7. The van der Waals surface area contributed by atoms with Crippen LogP contribution in [0.2, 0.25) is 0 Å². The number of carbonyl (C=O) groups excluding carboxylic acids is 2. The molecule has 0 aliphatic rings. The molecule has 0 saturated heterocycles. The van der Waals surface area contributed by atoms with Crippen molar-refractivity contribution in [3.63, 3.8) is 0 Å². The molecule has 1 unspecified atom stereocenters. The average Bonchev–Trinajstić information content (AvgIpc) is 2.62. The number of methoxy groups -OCH3 is 1. The predicted molar refractivity (Wildman–Crippen MR) is 104 cm³/mol. The van der Waals surface area contributed by atoms with Crippen molar-refractivity contribution in [2.24, 2.45) is 0 Å². The van der Waals surface area contributed by atoms with Gasteiger partial charge in [0.1, 0.15) is 6.04 Å². The van der Waals surface area contributed by atoms with Crippen LogP contribution in [-0.4, -0.2) is 39.7 Å². The summed E-state index contributed by atoms with van der Waals surface area (Å²) >= 11 is 0. The fourth-order valence-electron chi connectivity index (χ4n) is 2.62. The highest BCUT2D eigenvalue weighted by Crippen LogP contribution is 2.22. The SMILES string of the molecule is COC(=O)c1ccc(C)c(NC(=O)C(C)N(c2ccccc2)S(C)(=O)=O)c1. The molecule has 0 spiro atoms. The molecule has 1 amide bonds. The van der Waals surface area contributed by atoms with Crippen LogP contribution in [0.25, 0.3) is 0 Å². The summed E-state index contributed by atoms with van der Waals surface area (Å²) in [4.78, 5) is 24.4. The van der Waals surface area contributed by atoms with Gasteiger partial charge in [0.05, 0.1) is 24.6 Å². The standard InChI is InChI=1S/C19H22N2O5S/c1-13-10-11-15(19(23)26-3)12-17(13)20-18(22)14(2)21(27(4,24)25)16-8-6-5-7-9-16/h5-12,14H,1-4H3,(H,20,22). The molecular weight excluding hydrogens is 368 g/mol. The second-order valence-corrected chi connectivity index (χ2v) is 7.94. The number of carbonyl (C=O) groups is 2. The molecule has 0 fully saturated rings. The third-order valence-corrected chi connectivity index (χ3v) is 5.26. The third kappa shape index (κ3) is 4.85. The maximum absolute atomic E-state index is 12.7. The molecule has 8 heteroatoms. The van der Waals surface area contributed by atoms with E-state index in [4.69, 9.17) is 0 Å². The van der Waals surface area contributed by atoms with E-state index < -0.39 is 27.9 Å². The summed E-state index contributed by atoms with van der Waals surface area (Å²) in [7, 11) is -2.42. The van der Waals surface area contributed by atoms with Crippen molar-refractivity contribution in [3.8, 4) is 0 Å². The number of para-hydroxylation sites is 1. The van der Waals surface area contributed by atoms with Crippen molar-refractivity contribution in [1.29, 1.82) is 0 Å². The molecule has 0 saturated carbocycles. The Morgan fingerprint density at radius 2 is 1.74 bits per heavy atom. The first-order valence-corrected chi connectivity index (χ1v) is 10.0. The lowest BCUT2D eigenvalue weighted by Crippen LogP contribution is -2.45. The minimum atomic E-state index is -3.69. The van der Waals surface area contributed by atoms with Gasteiger partial charge in [0.2, 0.25) is 15.9 Å². The quantitative estimate of drug-likeness (QED) is 0.765. The van der Waals surface area contributed by atoms with E-state index >= 15 is 0 Å². The molecule has 0 aliphatic heterocycles. The zero-order chi connectivity index (χ0) is 20.2. The van der Waals surface area contributed by atoms with Crippen LogP contribution in [0.15, 0.2) is 48.5 Å². The lowest BCUT2D eigenvalue weighted by molar-refractivity contribution is -0.116. The first kappa shape index (κ1) is 20.4. The van der Waals surface area contributed by atoms with Crippen molar-refractivity contribution in [2.75, 3.05) is 23.0 Å². The molecule has 0 radical (unpaired) electrons. The van der Waals surface area contributed by atoms with Gasteiger partial charge in [0, 0.05) is 5.69 Å². The van der Waals surface area contributed by atoms with E-state index in [2.05, 4.69) is 10.1 Å². The minimum Gasteiger partial charge on any atom is -0.465 e. The van der Waals surface area contributed by atoms with Gasteiger partial charge in [-0.2, -0.15) is 0 Å². The summed E-state index contributed by atoms with van der Waals surface area (Å²) in [5, 5.41) is 2.70. The van der Waals surface area contributed by atoms with Gasteiger partial charge in [-0.3, -0.25) is 9.10 Å². The molecule has 2 aromatic rings. The number of anilines is 2. The summed E-state index contributed by atoms with van der Waals surface area (Å²) in [6.07, 6.45) is 1.05. The number of amides is 1. The molecule has 1 atom stereocenters. The Kier molecular flexibility index (Phi) is 6.22. The predicted octanol–water partition coefficient (Wildman–Crippen LogP) is 2.57. The molecule has 2 aromatic carbocycles. The Labute approximate surface area is 159 Å². The van der Waals surface area contributed by atoms with Crippen molar-refractivity contribution >= 4 is 33.3 Å². The average molecular weight is 390 g/mol. The number of aryl methyl sites for hydroxylation is 1. The Bertz CT molecular complexity index is 942. The lowest BCUT2D eigenvalue weighted by atomic mass is 10.1. The molecule has 2 rings (SSSR count). The van der Waals surface area contributed by atoms with E-state index in [9.17, 15) is 18.0 Å². The fraction of sp³-hybridized carbons (Fsp3) is 0.263. The number of hydrogen-bond acceptors (Lipinski definition) is 5. The Hall–Kier alpha value is -2.87. The van der Waals surface area contributed by atoms with Crippen LogP contribution in [0.4, 0.5) is 11.4 Å². The zero-order valence-electron chi connectivity index (χ0n) is 15.6. The summed E-state index contributed by atoms with van der Waals surface area (Å²) in [5.74, 6) is -1.05. The highest BCUT2D eigenvalue weighted by Gasteiger charge is 2.29. The number of hydrogen-bond donors (Lipinski definition) is 1. The Morgan fingerprint density at radius 3 is 2.30 bits per heavy atom. The fourth-order valence-corrected chi connectivity index (χ4v) is 3.80.